The first-order valence-corrected chi connectivity index (χ1v) is 6.70. The number of imidazole rings is 1. The molecule has 0 saturated heterocycles. The van der Waals surface area contributed by atoms with E-state index in [1.807, 2.05) is 51.2 Å². The number of aromatic nitrogens is 2. The van der Waals surface area contributed by atoms with Crippen LogP contribution < -0.4 is 10.6 Å². The summed E-state index contributed by atoms with van der Waals surface area (Å²) in [6.45, 7) is 6.34. The van der Waals surface area contributed by atoms with Gasteiger partial charge < -0.3 is 15.6 Å². The highest BCUT2D eigenvalue weighted by Gasteiger charge is 2.07. The van der Waals surface area contributed by atoms with Gasteiger partial charge in [-0.15, -0.1) is 0 Å². The summed E-state index contributed by atoms with van der Waals surface area (Å²) in [5.41, 5.74) is 2.78. The molecule has 5 nitrogen and oxygen atoms in total. The van der Waals surface area contributed by atoms with E-state index >= 15 is 0 Å². The van der Waals surface area contributed by atoms with Crippen molar-refractivity contribution in [3.8, 4) is 0 Å². The maximum atomic E-state index is 11.7. The molecule has 0 bridgehead atoms. The lowest BCUT2D eigenvalue weighted by atomic mass is 10.2. The van der Waals surface area contributed by atoms with Gasteiger partial charge >= 0.3 is 0 Å². The van der Waals surface area contributed by atoms with E-state index in [0.717, 1.165) is 22.9 Å². The van der Waals surface area contributed by atoms with Crippen LogP contribution >= 0.6 is 0 Å². The summed E-state index contributed by atoms with van der Waals surface area (Å²) in [4.78, 5) is 19.0. The summed E-state index contributed by atoms with van der Waals surface area (Å²) in [5, 5.41) is 6.18. The number of benzene rings is 1. The van der Waals surface area contributed by atoms with Crippen LogP contribution in [0.5, 0.6) is 0 Å². The van der Waals surface area contributed by atoms with Gasteiger partial charge in [-0.1, -0.05) is 19.9 Å². The number of anilines is 2. The number of rotatable bonds is 5. The lowest BCUT2D eigenvalue weighted by molar-refractivity contribution is -0.118. The molecule has 20 heavy (non-hydrogen) atoms. The van der Waals surface area contributed by atoms with E-state index in [1.165, 1.54) is 0 Å². The van der Waals surface area contributed by atoms with Crippen LogP contribution in [0.1, 0.15) is 25.4 Å². The van der Waals surface area contributed by atoms with Gasteiger partial charge in [-0.3, -0.25) is 4.79 Å². The number of H-pyrrole nitrogens is 1. The van der Waals surface area contributed by atoms with Crippen molar-refractivity contribution in [3.05, 3.63) is 42.0 Å². The number of aryl methyl sites for hydroxylation is 1. The SMILES string of the molecule is Cc1ncc(CNc2cccc(NC(=O)C(C)C)c2)[nH]1. The standard InChI is InChI=1S/C15H20N4O/c1-10(2)15(20)19-13-6-4-5-12(7-13)17-9-14-8-16-11(3)18-14/h4-8,10,17H,9H2,1-3H3,(H,16,18)(H,19,20). The quantitative estimate of drug-likeness (QED) is 0.783. The van der Waals surface area contributed by atoms with Gasteiger partial charge in [-0.25, -0.2) is 4.98 Å². The number of carbonyl (C=O) groups is 1. The molecular weight excluding hydrogens is 252 g/mol. The van der Waals surface area contributed by atoms with Crippen molar-refractivity contribution in [1.82, 2.24) is 9.97 Å². The van der Waals surface area contributed by atoms with Crippen molar-refractivity contribution < 1.29 is 4.79 Å². The fourth-order valence-corrected chi connectivity index (χ4v) is 1.75. The first-order chi connectivity index (χ1) is 9.54. The Hall–Kier alpha value is -2.30. The molecule has 0 unspecified atom stereocenters. The molecule has 0 aliphatic carbocycles. The van der Waals surface area contributed by atoms with Crippen LogP contribution in [0.2, 0.25) is 0 Å². The Morgan fingerprint density at radius 1 is 1.35 bits per heavy atom. The minimum atomic E-state index is -0.0282. The van der Waals surface area contributed by atoms with Crippen LogP contribution in [0, 0.1) is 12.8 Å². The smallest absolute Gasteiger partial charge is 0.226 e. The predicted molar refractivity (Wildman–Crippen MR) is 80.6 cm³/mol. The zero-order valence-electron chi connectivity index (χ0n) is 12.0. The van der Waals surface area contributed by atoms with Crippen molar-refractivity contribution >= 4 is 17.3 Å². The normalized spacial score (nSPS) is 10.6. The Morgan fingerprint density at radius 3 is 2.75 bits per heavy atom. The lowest BCUT2D eigenvalue weighted by Crippen LogP contribution is -2.17. The Morgan fingerprint density at radius 2 is 2.10 bits per heavy atom. The molecule has 1 aromatic heterocycles. The van der Waals surface area contributed by atoms with Crippen molar-refractivity contribution in [1.29, 1.82) is 0 Å². The Kier molecular flexibility index (Phi) is 4.40. The van der Waals surface area contributed by atoms with Gasteiger partial charge in [0, 0.05) is 17.3 Å². The van der Waals surface area contributed by atoms with Gasteiger partial charge in [-0.05, 0) is 25.1 Å². The number of amides is 1. The van der Waals surface area contributed by atoms with Crippen molar-refractivity contribution in [2.45, 2.75) is 27.3 Å². The van der Waals surface area contributed by atoms with Crippen molar-refractivity contribution in [2.75, 3.05) is 10.6 Å². The largest absolute Gasteiger partial charge is 0.379 e. The Bertz CT molecular complexity index is 589. The molecule has 1 amide bonds. The van der Waals surface area contributed by atoms with Crippen LogP contribution in [0.3, 0.4) is 0 Å². The number of hydrogen-bond donors (Lipinski definition) is 3. The fraction of sp³-hybridized carbons (Fsp3) is 0.333. The third kappa shape index (κ3) is 3.85. The Balaban J connectivity index is 1.97. The van der Waals surface area contributed by atoms with Crippen LogP contribution in [-0.2, 0) is 11.3 Å². The highest BCUT2D eigenvalue weighted by Crippen LogP contribution is 2.16. The van der Waals surface area contributed by atoms with Crippen LogP contribution in [0.4, 0.5) is 11.4 Å². The molecule has 0 aliphatic heterocycles. The summed E-state index contributed by atoms with van der Waals surface area (Å²) in [6.07, 6.45) is 1.81. The van der Waals surface area contributed by atoms with Crippen LogP contribution in [0.25, 0.3) is 0 Å². The first kappa shape index (κ1) is 14.1. The molecule has 5 heteroatoms. The zero-order chi connectivity index (χ0) is 14.5. The highest BCUT2D eigenvalue weighted by atomic mass is 16.1. The topological polar surface area (TPSA) is 69.8 Å². The second kappa shape index (κ2) is 6.23. The van der Waals surface area contributed by atoms with Gasteiger partial charge in [0.1, 0.15) is 5.82 Å². The number of aromatic amines is 1. The molecule has 0 fully saturated rings. The van der Waals surface area contributed by atoms with Crippen molar-refractivity contribution in [2.24, 2.45) is 5.92 Å². The number of nitrogens with zero attached hydrogens (tertiary/aromatic N) is 1. The molecular formula is C15H20N4O. The van der Waals surface area contributed by atoms with Gasteiger partial charge in [0.2, 0.25) is 5.91 Å². The van der Waals surface area contributed by atoms with E-state index in [-0.39, 0.29) is 11.8 Å². The van der Waals surface area contributed by atoms with E-state index in [9.17, 15) is 4.79 Å². The highest BCUT2D eigenvalue weighted by molar-refractivity contribution is 5.92. The summed E-state index contributed by atoms with van der Waals surface area (Å²) >= 11 is 0. The van der Waals surface area contributed by atoms with Gasteiger partial charge in [0.15, 0.2) is 0 Å². The number of carbonyl (C=O) groups excluding carboxylic acids is 1. The molecule has 2 aromatic rings. The average Bonchev–Trinajstić information content (AvgIpc) is 2.82. The lowest BCUT2D eigenvalue weighted by Gasteiger charge is -2.10. The first-order valence-electron chi connectivity index (χ1n) is 6.70. The van der Waals surface area contributed by atoms with E-state index in [4.69, 9.17) is 0 Å². The van der Waals surface area contributed by atoms with Gasteiger partial charge in [-0.2, -0.15) is 0 Å². The summed E-state index contributed by atoms with van der Waals surface area (Å²) in [6, 6.07) is 7.68. The monoisotopic (exact) mass is 272 g/mol. The molecule has 0 atom stereocenters. The van der Waals surface area contributed by atoms with E-state index in [1.54, 1.807) is 0 Å². The second-order valence-corrected chi connectivity index (χ2v) is 5.07. The third-order valence-electron chi connectivity index (χ3n) is 2.89. The molecule has 0 aliphatic rings. The Labute approximate surface area is 118 Å². The maximum absolute atomic E-state index is 11.7. The summed E-state index contributed by atoms with van der Waals surface area (Å²) in [5.74, 6) is 0.894. The fourth-order valence-electron chi connectivity index (χ4n) is 1.75. The van der Waals surface area contributed by atoms with E-state index in [0.29, 0.717) is 6.54 Å². The molecule has 3 N–H and O–H groups in total. The number of hydrogen-bond acceptors (Lipinski definition) is 3. The molecule has 1 heterocycles. The molecule has 0 saturated carbocycles. The van der Waals surface area contributed by atoms with Crippen LogP contribution in [0.15, 0.2) is 30.5 Å². The van der Waals surface area contributed by atoms with Gasteiger partial charge in [0.05, 0.1) is 18.4 Å². The number of nitrogens with one attached hydrogen (secondary N) is 3. The predicted octanol–water partition coefficient (Wildman–Crippen LogP) is 2.92. The molecule has 106 valence electrons. The molecule has 2 rings (SSSR count). The molecule has 1 aromatic carbocycles. The molecule has 0 radical (unpaired) electrons. The maximum Gasteiger partial charge on any atom is 0.226 e. The average molecular weight is 272 g/mol. The summed E-state index contributed by atoms with van der Waals surface area (Å²) < 4.78 is 0. The second-order valence-electron chi connectivity index (χ2n) is 5.07. The summed E-state index contributed by atoms with van der Waals surface area (Å²) in [7, 11) is 0. The van der Waals surface area contributed by atoms with E-state index < -0.39 is 0 Å². The third-order valence-corrected chi connectivity index (χ3v) is 2.89. The molecule has 0 spiro atoms. The van der Waals surface area contributed by atoms with Crippen molar-refractivity contribution in [3.63, 3.8) is 0 Å². The zero-order valence-corrected chi connectivity index (χ0v) is 12.0. The van der Waals surface area contributed by atoms with Crippen LogP contribution in [-0.4, -0.2) is 15.9 Å². The van der Waals surface area contributed by atoms with E-state index in [2.05, 4.69) is 20.6 Å². The minimum absolute atomic E-state index is 0.0198. The van der Waals surface area contributed by atoms with Gasteiger partial charge in [0.25, 0.3) is 0 Å². The minimum Gasteiger partial charge on any atom is -0.379 e.